The molecule has 0 fully saturated rings. The van der Waals surface area contributed by atoms with Crippen molar-refractivity contribution in [3.8, 4) is 0 Å². The quantitative estimate of drug-likeness (QED) is 0.527. The van der Waals surface area contributed by atoms with Crippen molar-refractivity contribution in [3.63, 3.8) is 0 Å². The van der Waals surface area contributed by atoms with Crippen molar-refractivity contribution in [1.82, 2.24) is 15.2 Å². The highest BCUT2D eigenvalue weighted by atomic mass is 15.2. The minimum atomic E-state index is 0.374. The Morgan fingerprint density at radius 2 is 2.43 bits per heavy atom. The van der Waals surface area contributed by atoms with Gasteiger partial charge < -0.3 is 0 Å². The fraction of sp³-hybridized carbons (Fsp3) is 0.700. The zero-order valence-electron chi connectivity index (χ0n) is 9.03. The van der Waals surface area contributed by atoms with Crippen LogP contribution >= 0.6 is 0 Å². The molecule has 1 aromatic rings. The number of aryl methyl sites for hydroxylation is 1. The lowest BCUT2D eigenvalue weighted by atomic mass is 10.0. The van der Waals surface area contributed by atoms with E-state index in [4.69, 9.17) is 5.84 Å². The lowest BCUT2D eigenvalue weighted by Gasteiger charge is -2.13. The van der Waals surface area contributed by atoms with Crippen molar-refractivity contribution >= 4 is 0 Å². The van der Waals surface area contributed by atoms with Gasteiger partial charge in [0.2, 0.25) is 0 Å². The molecule has 14 heavy (non-hydrogen) atoms. The SMILES string of the molecule is CCCCC(Cc1cnn(C)c1)NN. The van der Waals surface area contributed by atoms with Crippen LogP contribution in [0.15, 0.2) is 12.4 Å². The minimum absolute atomic E-state index is 0.374. The summed E-state index contributed by atoms with van der Waals surface area (Å²) in [5, 5.41) is 4.13. The molecule has 4 heteroatoms. The Bertz CT molecular complexity index is 256. The first-order valence-electron chi connectivity index (χ1n) is 5.20. The van der Waals surface area contributed by atoms with Crippen LogP contribution in [-0.4, -0.2) is 15.8 Å². The van der Waals surface area contributed by atoms with Crippen LogP contribution in [0.1, 0.15) is 31.7 Å². The third-order valence-corrected chi connectivity index (χ3v) is 2.38. The third kappa shape index (κ3) is 3.47. The van der Waals surface area contributed by atoms with Crippen LogP contribution in [0.25, 0.3) is 0 Å². The van der Waals surface area contributed by atoms with Crippen LogP contribution in [0.3, 0.4) is 0 Å². The van der Waals surface area contributed by atoms with E-state index in [9.17, 15) is 0 Å². The van der Waals surface area contributed by atoms with Crippen LogP contribution in [0.4, 0.5) is 0 Å². The van der Waals surface area contributed by atoms with E-state index >= 15 is 0 Å². The van der Waals surface area contributed by atoms with Gasteiger partial charge in [-0.25, -0.2) is 0 Å². The van der Waals surface area contributed by atoms with Crippen molar-refractivity contribution in [1.29, 1.82) is 0 Å². The highest BCUT2D eigenvalue weighted by molar-refractivity contribution is 5.05. The number of rotatable bonds is 6. The van der Waals surface area contributed by atoms with Gasteiger partial charge in [0.05, 0.1) is 6.20 Å². The monoisotopic (exact) mass is 196 g/mol. The molecule has 0 aromatic carbocycles. The van der Waals surface area contributed by atoms with Gasteiger partial charge in [-0.05, 0) is 18.4 Å². The van der Waals surface area contributed by atoms with Crippen LogP contribution in [-0.2, 0) is 13.5 Å². The molecule has 1 atom stereocenters. The second kappa shape index (κ2) is 5.78. The molecule has 4 nitrogen and oxygen atoms in total. The van der Waals surface area contributed by atoms with E-state index in [0.29, 0.717) is 6.04 Å². The summed E-state index contributed by atoms with van der Waals surface area (Å²) in [6.45, 7) is 2.19. The predicted molar refractivity (Wildman–Crippen MR) is 57.5 cm³/mol. The molecule has 0 bridgehead atoms. The van der Waals surface area contributed by atoms with Crippen molar-refractivity contribution in [2.45, 2.75) is 38.6 Å². The average molecular weight is 196 g/mol. The van der Waals surface area contributed by atoms with Gasteiger partial charge in [0.25, 0.3) is 0 Å². The van der Waals surface area contributed by atoms with Crippen LogP contribution in [0.5, 0.6) is 0 Å². The first-order chi connectivity index (χ1) is 6.76. The van der Waals surface area contributed by atoms with Gasteiger partial charge in [-0.3, -0.25) is 16.0 Å². The normalized spacial score (nSPS) is 13.1. The standard InChI is InChI=1S/C10H20N4/c1-3-4-5-10(13-11)6-9-7-12-14(2)8-9/h7-8,10,13H,3-6,11H2,1-2H3. The first-order valence-corrected chi connectivity index (χ1v) is 5.20. The Hall–Kier alpha value is -0.870. The molecule has 3 N–H and O–H groups in total. The van der Waals surface area contributed by atoms with Crippen LogP contribution in [0, 0.1) is 0 Å². The van der Waals surface area contributed by atoms with Gasteiger partial charge in [0.15, 0.2) is 0 Å². The maximum absolute atomic E-state index is 5.49. The molecule has 80 valence electrons. The second-order valence-corrected chi connectivity index (χ2v) is 3.73. The van der Waals surface area contributed by atoms with E-state index in [0.717, 1.165) is 12.8 Å². The highest BCUT2D eigenvalue weighted by Crippen LogP contribution is 2.07. The number of aromatic nitrogens is 2. The van der Waals surface area contributed by atoms with Gasteiger partial charge >= 0.3 is 0 Å². The molecular formula is C10H20N4. The number of nitrogens with two attached hydrogens (primary N) is 1. The van der Waals surface area contributed by atoms with Gasteiger partial charge in [-0.2, -0.15) is 5.10 Å². The molecule has 1 aromatic heterocycles. The smallest absolute Gasteiger partial charge is 0.0522 e. The summed E-state index contributed by atoms with van der Waals surface area (Å²) in [6, 6.07) is 0.374. The van der Waals surface area contributed by atoms with E-state index in [1.54, 1.807) is 0 Å². The fourth-order valence-electron chi connectivity index (χ4n) is 1.56. The number of hydrazine groups is 1. The molecule has 0 amide bonds. The third-order valence-electron chi connectivity index (χ3n) is 2.38. The van der Waals surface area contributed by atoms with Crippen molar-refractivity contribution in [3.05, 3.63) is 18.0 Å². The molecule has 0 aliphatic carbocycles. The largest absolute Gasteiger partial charge is 0.276 e. The molecular weight excluding hydrogens is 176 g/mol. The zero-order chi connectivity index (χ0) is 10.4. The number of unbranched alkanes of at least 4 members (excludes halogenated alkanes) is 1. The van der Waals surface area contributed by atoms with Crippen LogP contribution in [0.2, 0.25) is 0 Å². The second-order valence-electron chi connectivity index (χ2n) is 3.73. The minimum Gasteiger partial charge on any atom is -0.276 e. The van der Waals surface area contributed by atoms with Crippen molar-refractivity contribution in [2.75, 3.05) is 0 Å². The molecule has 0 aliphatic rings. The average Bonchev–Trinajstić information content (AvgIpc) is 2.58. The maximum atomic E-state index is 5.49. The zero-order valence-corrected chi connectivity index (χ0v) is 9.03. The van der Waals surface area contributed by atoms with E-state index in [-0.39, 0.29) is 0 Å². The molecule has 0 saturated carbocycles. The highest BCUT2D eigenvalue weighted by Gasteiger charge is 2.07. The Labute approximate surface area is 85.5 Å². The Morgan fingerprint density at radius 1 is 1.64 bits per heavy atom. The summed E-state index contributed by atoms with van der Waals surface area (Å²) in [4.78, 5) is 0. The number of nitrogens with zero attached hydrogens (tertiary/aromatic N) is 2. The maximum Gasteiger partial charge on any atom is 0.0522 e. The summed E-state index contributed by atoms with van der Waals surface area (Å²) in [5.41, 5.74) is 4.10. The number of hydrogen-bond acceptors (Lipinski definition) is 3. The topological polar surface area (TPSA) is 55.9 Å². The summed E-state index contributed by atoms with van der Waals surface area (Å²) in [7, 11) is 1.93. The van der Waals surface area contributed by atoms with Crippen molar-refractivity contribution in [2.24, 2.45) is 12.9 Å². The molecule has 0 radical (unpaired) electrons. The molecule has 0 saturated heterocycles. The Morgan fingerprint density at radius 3 is 2.93 bits per heavy atom. The molecule has 0 aliphatic heterocycles. The van der Waals surface area contributed by atoms with Crippen molar-refractivity contribution < 1.29 is 0 Å². The van der Waals surface area contributed by atoms with E-state index in [1.165, 1.54) is 18.4 Å². The first kappa shape index (κ1) is 11.2. The molecule has 1 heterocycles. The van der Waals surface area contributed by atoms with Gasteiger partial charge in [-0.15, -0.1) is 0 Å². The molecule has 1 rings (SSSR count). The summed E-state index contributed by atoms with van der Waals surface area (Å²) >= 11 is 0. The Kier molecular flexibility index (Phi) is 4.62. The lowest BCUT2D eigenvalue weighted by Crippen LogP contribution is -2.36. The Balaban J connectivity index is 2.40. The lowest BCUT2D eigenvalue weighted by molar-refractivity contribution is 0.473. The summed E-state index contributed by atoms with van der Waals surface area (Å²) in [6.07, 6.45) is 8.46. The van der Waals surface area contributed by atoms with Gasteiger partial charge in [0.1, 0.15) is 0 Å². The van der Waals surface area contributed by atoms with E-state index in [1.807, 2.05) is 24.1 Å². The fourth-order valence-corrected chi connectivity index (χ4v) is 1.56. The van der Waals surface area contributed by atoms with Gasteiger partial charge in [0, 0.05) is 19.3 Å². The van der Waals surface area contributed by atoms with E-state index < -0.39 is 0 Å². The van der Waals surface area contributed by atoms with Crippen LogP contribution < -0.4 is 11.3 Å². The number of hydrogen-bond donors (Lipinski definition) is 2. The summed E-state index contributed by atoms with van der Waals surface area (Å²) < 4.78 is 1.82. The summed E-state index contributed by atoms with van der Waals surface area (Å²) in [5.74, 6) is 5.49. The van der Waals surface area contributed by atoms with Gasteiger partial charge in [-0.1, -0.05) is 19.8 Å². The van der Waals surface area contributed by atoms with E-state index in [2.05, 4.69) is 17.4 Å². The molecule has 0 spiro atoms. The number of nitrogens with one attached hydrogen (secondary N) is 1. The molecule has 1 unspecified atom stereocenters. The predicted octanol–water partition coefficient (Wildman–Crippen LogP) is 0.985.